The Morgan fingerprint density at radius 3 is 2.94 bits per heavy atom. The summed E-state index contributed by atoms with van der Waals surface area (Å²) in [5.74, 6) is 6.37. The van der Waals surface area contributed by atoms with Crippen molar-refractivity contribution in [1.82, 2.24) is 0 Å². The molecule has 0 radical (unpaired) electrons. The second kappa shape index (κ2) is 5.07. The van der Waals surface area contributed by atoms with Gasteiger partial charge in [0.05, 0.1) is 12.9 Å². The number of fused-ring (bicyclic) bond motifs is 1. The predicted molar refractivity (Wildman–Crippen MR) is 68.5 cm³/mol. The van der Waals surface area contributed by atoms with Crippen LogP contribution in [0, 0.1) is 17.8 Å². The summed E-state index contributed by atoms with van der Waals surface area (Å²) < 4.78 is 5.40. The van der Waals surface area contributed by atoms with Gasteiger partial charge in [0.25, 0.3) is 0 Å². The third-order valence-corrected chi connectivity index (χ3v) is 2.82. The van der Waals surface area contributed by atoms with Crippen LogP contribution in [0.1, 0.15) is 25.0 Å². The Hall–Kier alpha value is -1.72. The largest absolute Gasteiger partial charge is 0.464 e. The van der Waals surface area contributed by atoms with E-state index in [1.165, 1.54) is 0 Å². The second-order valence-corrected chi connectivity index (χ2v) is 4.24. The molecule has 0 aliphatic heterocycles. The summed E-state index contributed by atoms with van der Waals surface area (Å²) in [4.78, 5) is 0. The molecular weight excluding hydrogens is 212 g/mol. The van der Waals surface area contributed by atoms with Crippen LogP contribution in [-0.4, -0.2) is 5.11 Å². The third-order valence-electron chi connectivity index (χ3n) is 2.82. The summed E-state index contributed by atoms with van der Waals surface area (Å²) in [6.07, 6.45) is 2.54. The molecule has 2 aromatic rings. The molecule has 0 amide bonds. The number of aliphatic hydroxyl groups excluding tert-OH is 1. The van der Waals surface area contributed by atoms with Crippen LogP contribution in [0.15, 0.2) is 28.9 Å². The van der Waals surface area contributed by atoms with Crippen molar-refractivity contribution in [3.63, 3.8) is 0 Å². The van der Waals surface area contributed by atoms with Crippen molar-refractivity contribution in [1.29, 1.82) is 0 Å². The second-order valence-electron chi connectivity index (χ2n) is 4.24. The van der Waals surface area contributed by atoms with Gasteiger partial charge in [-0.05, 0) is 36.6 Å². The van der Waals surface area contributed by atoms with E-state index in [2.05, 4.69) is 18.8 Å². The number of rotatable bonds is 3. The van der Waals surface area contributed by atoms with E-state index in [9.17, 15) is 5.11 Å². The number of benzene rings is 1. The average Bonchev–Trinajstić information content (AvgIpc) is 2.76. The van der Waals surface area contributed by atoms with Crippen LogP contribution >= 0.6 is 0 Å². The van der Waals surface area contributed by atoms with Crippen molar-refractivity contribution in [2.75, 3.05) is 0 Å². The molecule has 1 N–H and O–H groups in total. The molecule has 1 unspecified atom stereocenters. The first-order valence-corrected chi connectivity index (χ1v) is 5.76. The molecule has 0 saturated carbocycles. The molecule has 17 heavy (non-hydrogen) atoms. The monoisotopic (exact) mass is 228 g/mol. The molecule has 0 spiro atoms. The van der Waals surface area contributed by atoms with Gasteiger partial charge < -0.3 is 9.52 Å². The van der Waals surface area contributed by atoms with Gasteiger partial charge in [-0.3, -0.25) is 0 Å². The van der Waals surface area contributed by atoms with Gasteiger partial charge in [-0.1, -0.05) is 13.0 Å². The van der Waals surface area contributed by atoms with Gasteiger partial charge in [-0.2, -0.15) is 0 Å². The Kier molecular flexibility index (Phi) is 3.51. The van der Waals surface area contributed by atoms with E-state index in [1.54, 1.807) is 6.26 Å². The fraction of sp³-hybridized carbons (Fsp3) is 0.333. The van der Waals surface area contributed by atoms with E-state index < -0.39 is 0 Å². The fourth-order valence-corrected chi connectivity index (χ4v) is 2.11. The zero-order valence-corrected chi connectivity index (χ0v) is 10.2. The Morgan fingerprint density at radius 1 is 1.41 bits per heavy atom. The van der Waals surface area contributed by atoms with Crippen LogP contribution in [0.25, 0.3) is 11.0 Å². The highest BCUT2D eigenvalue weighted by atomic mass is 16.3. The Labute approximate surface area is 101 Å². The van der Waals surface area contributed by atoms with Crippen molar-refractivity contribution in [3.8, 4) is 11.8 Å². The predicted octanol–water partition coefficient (Wildman–Crippen LogP) is 3.13. The molecule has 2 nitrogen and oxygen atoms in total. The van der Waals surface area contributed by atoms with Crippen LogP contribution in [-0.2, 0) is 13.0 Å². The molecule has 0 saturated heterocycles. The molecule has 2 heteroatoms. The van der Waals surface area contributed by atoms with E-state index in [-0.39, 0.29) is 6.61 Å². The quantitative estimate of drug-likeness (QED) is 0.819. The van der Waals surface area contributed by atoms with Crippen molar-refractivity contribution in [2.24, 2.45) is 5.92 Å². The van der Waals surface area contributed by atoms with Gasteiger partial charge in [0.1, 0.15) is 5.58 Å². The fourth-order valence-electron chi connectivity index (χ4n) is 2.11. The summed E-state index contributed by atoms with van der Waals surface area (Å²) in [6.45, 7) is 3.99. The SMILES string of the molecule is CC#CC(C)Cc1cc(CO)c2ccoc2c1. The molecule has 2 rings (SSSR count). The van der Waals surface area contributed by atoms with Gasteiger partial charge in [0.2, 0.25) is 0 Å². The molecule has 0 aliphatic rings. The molecule has 1 atom stereocenters. The Bertz CT molecular complexity index is 569. The lowest BCUT2D eigenvalue weighted by Crippen LogP contribution is -1.98. The first-order chi connectivity index (χ1) is 8.24. The lowest BCUT2D eigenvalue weighted by molar-refractivity contribution is 0.283. The van der Waals surface area contributed by atoms with E-state index in [1.807, 2.05) is 25.1 Å². The Morgan fingerprint density at radius 2 is 2.24 bits per heavy atom. The minimum Gasteiger partial charge on any atom is -0.464 e. The van der Waals surface area contributed by atoms with Crippen LogP contribution in [0.5, 0.6) is 0 Å². The summed E-state index contributed by atoms with van der Waals surface area (Å²) in [5, 5.41) is 10.3. The zero-order chi connectivity index (χ0) is 12.3. The van der Waals surface area contributed by atoms with Crippen molar-refractivity contribution in [2.45, 2.75) is 26.9 Å². The van der Waals surface area contributed by atoms with Crippen LogP contribution in [0.2, 0.25) is 0 Å². The van der Waals surface area contributed by atoms with Gasteiger partial charge in [0.15, 0.2) is 0 Å². The van der Waals surface area contributed by atoms with Crippen molar-refractivity contribution < 1.29 is 9.52 Å². The van der Waals surface area contributed by atoms with Crippen molar-refractivity contribution in [3.05, 3.63) is 35.6 Å². The Balaban J connectivity index is 2.36. The summed E-state index contributed by atoms with van der Waals surface area (Å²) in [5.41, 5.74) is 2.91. The van der Waals surface area contributed by atoms with E-state index in [0.717, 1.165) is 28.5 Å². The molecule has 1 heterocycles. The highest BCUT2D eigenvalue weighted by Gasteiger charge is 2.08. The highest BCUT2D eigenvalue weighted by Crippen LogP contribution is 2.23. The zero-order valence-electron chi connectivity index (χ0n) is 10.2. The maximum Gasteiger partial charge on any atom is 0.134 e. The topological polar surface area (TPSA) is 33.4 Å². The molecule has 0 fully saturated rings. The maximum absolute atomic E-state index is 9.35. The summed E-state index contributed by atoms with van der Waals surface area (Å²) in [7, 11) is 0. The van der Waals surface area contributed by atoms with Crippen LogP contribution in [0.3, 0.4) is 0 Å². The first-order valence-electron chi connectivity index (χ1n) is 5.76. The van der Waals surface area contributed by atoms with E-state index in [0.29, 0.717) is 5.92 Å². The number of aliphatic hydroxyl groups is 1. The van der Waals surface area contributed by atoms with Gasteiger partial charge in [-0.15, -0.1) is 11.8 Å². The standard InChI is InChI=1S/C15H16O2/c1-3-4-11(2)7-12-8-13(10-16)14-5-6-17-15(14)9-12/h5-6,8-9,11,16H,7,10H2,1-2H3. The summed E-state index contributed by atoms with van der Waals surface area (Å²) >= 11 is 0. The van der Waals surface area contributed by atoms with E-state index in [4.69, 9.17) is 4.42 Å². The molecular formula is C15H16O2. The molecule has 0 aliphatic carbocycles. The summed E-state index contributed by atoms with van der Waals surface area (Å²) in [6, 6.07) is 5.95. The van der Waals surface area contributed by atoms with E-state index >= 15 is 0 Å². The van der Waals surface area contributed by atoms with Crippen molar-refractivity contribution >= 4 is 11.0 Å². The minimum atomic E-state index is 0.0394. The van der Waals surface area contributed by atoms with Crippen LogP contribution < -0.4 is 0 Å². The minimum absolute atomic E-state index is 0.0394. The average molecular weight is 228 g/mol. The number of furan rings is 1. The van der Waals surface area contributed by atoms with Gasteiger partial charge in [-0.25, -0.2) is 0 Å². The van der Waals surface area contributed by atoms with Crippen LogP contribution in [0.4, 0.5) is 0 Å². The third kappa shape index (κ3) is 2.51. The number of hydrogen-bond acceptors (Lipinski definition) is 2. The molecule has 0 bridgehead atoms. The molecule has 88 valence electrons. The lowest BCUT2D eigenvalue weighted by atomic mass is 9.98. The maximum atomic E-state index is 9.35. The van der Waals surface area contributed by atoms with Gasteiger partial charge in [0, 0.05) is 11.3 Å². The lowest BCUT2D eigenvalue weighted by Gasteiger charge is -2.07. The first kappa shape index (κ1) is 11.8. The highest BCUT2D eigenvalue weighted by molar-refractivity contribution is 5.81. The smallest absolute Gasteiger partial charge is 0.134 e. The molecule has 1 aromatic heterocycles. The van der Waals surface area contributed by atoms with Gasteiger partial charge >= 0.3 is 0 Å². The molecule has 1 aromatic carbocycles. The number of hydrogen-bond donors (Lipinski definition) is 1. The normalized spacial score (nSPS) is 12.2.